The van der Waals surface area contributed by atoms with Crippen LogP contribution in [-0.2, 0) is 0 Å². The zero-order chi connectivity index (χ0) is 21.1. The van der Waals surface area contributed by atoms with Crippen molar-refractivity contribution in [1.29, 1.82) is 0 Å². The highest BCUT2D eigenvalue weighted by molar-refractivity contribution is 5.65. The zero-order valence-electron chi connectivity index (χ0n) is 17.0. The fraction of sp³-hybridized carbons (Fsp3) is 0.308. The Balaban J connectivity index is 1.36. The first-order valence-electron chi connectivity index (χ1n) is 10.4. The number of halogens is 3. The van der Waals surface area contributed by atoms with Crippen LogP contribution in [0.15, 0.2) is 60.7 Å². The summed E-state index contributed by atoms with van der Waals surface area (Å²) in [6.07, 6.45) is 3.50. The summed E-state index contributed by atoms with van der Waals surface area (Å²) in [5, 5.41) is 0. The summed E-state index contributed by atoms with van der Waals surface area (Å²) in [7, 11) is 0. The lowest BCUT2D eigenvalue weighted by Crippen LogP contribution is -2.20. The van der Waals surface area contributed by atoms with Gasteiger partial charge in [0.2, 0.25) is 5.82 Å². The molecule has 0 spiro atoms. The smallest absolute Gasteiger partial charge is 0.201 e. The molecular weight excluding hydrogens is 385 g/mol. The molecule has 1 aliphatic rings. The van der Waals surface area contributed by atoms with Crippen LogP contribution < -0.4 is 4.74 Å². The molecule has 4 rings (SSSR count). The quantitative estimate of drug-likeness (QED) is 0.425. The van der Waals surface area contributed by atoms with E-state index in [-0.39, 0.29) is 29.0 Å². The third-order valence-electron chi connectivity index (χ3n) is 6.05. The van der Waals surface area contributed by atoms with Gasteiger partial charge in [0.25, 0.3) is 0 Å². The average Bonchev–Trinajstić information content (AvgIpc) is 2.76. The van der Waals surface area contributed by atoms with E-state index in [0.717, 1.165) is 36.8 Å². The van der Waals surface area contributed by atoms with E-state index in [0.29, 0.717) is 12.2 Å². The third-order valence-corrected chi connectivity index (χ3v) is 6.05. The van der Waals surface area contributed by atoms with Crippen molar-refractivity contribution in [2.45, 2.75) is 38.5 Å². The van der Waals surface area contributed by atoms with Crippen LogP contribution in [0.4, 0.5) is 13.2 Å². The van der Waals surface area contributed by atoms with Crippen LogP contribution in [0, 0.1) is 30.3 Å². The van der Waals surface area contributed by atoms with E-state index in [1.54, 1.807) is 36.4 Å². The molecule has 0 atom stereocenters. The molecular formula is C26H25F3O. The van der Waals surface area contributed by atoms with Crippen molar-refractivity contribution in [3.8, 4) is 16.9 Å². The Labute approximate surface area is 175 Å². The van der Waals surface area contributed by atoms with E-state index in [9.17, 15) is 13.2 Å². The second-order valence-electron chi connectivity index (χ2n) is 8.16. The van der Waals surface area contributed by atoms with Crippen molar-refractivity contribution in [2.75, 3.05) is 6.61 Å². The SMILES string of the molecule is Cc1ccc(C2CCC(COc3ccc(-c4ccccc4)c(F)c3F)CC2)c(F)c1. The molecule has 1 aliphatic carbocycles. The molecule has 30 heavy (non-hydrogen) atoms. The van der Waals surface area contributed by atoms with Crippen molar-refractivity contribution < 1.29 is 17.9 Å². The van der Waals surface area contributed by atoms with Crippen LogP contribution in [-0.4, -0.2) is 6.61 Å². The van der Waals surface area contributed by atoms with Crippen LogP contribution >= 0.6 is 0 Å². The molecule has 1 fully saturated rings. The molecule has 4 heteroatoms. The summed E-state index contributed by atoms with van der Waals surface area (Å²) < 4.78 is 48.9. The maximum absolute atomic E-state index is 14.5. The third kappa shape index (κ3) is 4.38. The van der Waals surface area contributed by atoms with Gasteiger partial charge >= 0.3 is 0 Å². The Hall–Kier alpha value is -2.75. The number of benzene rings is 3. The summed E-state index contributed by atoms with van der Waals surface area (Å²) >= 11 is 0. The van der Waals surface area contributed by atoms with E-state index in [2.05, 4.69) is 0 Å². The molecule has 0 heterocycles. The van der Waals surface area contributed by atoms with Gasteiger partial charge in [-0.15, -0.1) is 0 Å². The van der Waals surface area contributed by atoms with Crippen LogP contribution in [0.2, 0.25) is 0 Å². The molecule has 1 saturated carbocycles. The summed E-state index contributed by atoms with van der Waals surface area (Å²) in [4.78, 5) is 0. The minimum absolute atomic E-state index is 0.0566. The van der Waals surface area contributed by atoms with E-state index >= 15 is 0 Å². The van der Waals surface area contributed by atoms with Gasteiger partial charge in [-0.05, 0) is 79.3 Å². The molecule has 0 aromatic heterocycles. The lowest BCUT2D eigenvalue weighted by Gasteiger charge is -2.29. The minimum Gasteiger partial charge on any atom is -0.490 e. The van der Waals surface area contributed by atoms with E-state index in [1.807, 2.05) is 25.1 Å². The van der Waals surface area contributed by atoms with Crippen molar-refractivity contribution in [3.05, 3.63) is 89.2 Å². The van der Waals surface area contributed by atoms with Crippen LogP contribution in [0.25, 0.3) is 11.1 Å². The zero-order valence-corrected chi connectivity index (χ0v) is 17.0. The van der Waals surface area contributed by atoms with Gasteiger partial charge in [0.15, 0.2) is 11.6 Å². The highest BCUT2D eigenvalue weighted by Gasteiger charge is 2.25. The predicted molar refractivity (Wildman–Crippen MR) is 113 cm³/mol. The molecule has 1 nitrogen and oxygen atoms in total. The molecule has 0 N–H and O–H groups in total. The number of rotatable bonds is 5. The Bertz CT molecular complexity index is 1010. The van der Waals surface area contributed by atoms with Crippen LogP contribution in [0.5, 0.6) is 5.75 Å². The number of aryl methyl sites for hydroxylation is 1. The Morgan fingerprint density at radius 1 is 0.833 bits per heavy atom. The summed E-state index contributed by atoms with van der Waals surface area (Å²) in [6.45, 7) is 2.22. The first kappa shape index (κ1) is 20.5. The molecule has 0 aliphatic heterocycles. The highest BCUT2D eigenvalue weighted by atomic mass is 19.2. The monoisotopic (exact) mass is 410 g/mol. The van der Waals surface area contributed by atoms with Crippen molar-refractivity contribution in [2.24, 2.45) is 5.92 Å². The van der Waals surface area contributed by atoms with E-state index in [1.165, 1.54) is 6.07 Å². The number of hydrogen-bond donors (Lipinski definition) is 0. The van der Waals surface area contributed by atoms with Crippen molar-refractivity contribution in [3.63, 3.8) is 0 Å². The van der Waals surface area contributed by atoms with Crippen molar-refractivity contribution >= 4 is 0 Å². The minimum atomic E-state index is -0.952. The number of hydrogen-bond acceptors (Lipinski definition) is 1. The second-order valence-corrected chi connectivity index (χ2v) is 8.16. The van der Waals surface area contributed by atoms with Gasteiger partial charge < -0.3 is 4.74 Å². The summed E-state index contributed by atoms with van der Waals surface area (Å²) in [5.74, 6) is -1.57. The summed E-state index contributed by atoms with van der Waals surface area (Å²) in [6, 6.07) is 17.4. The first-order valence-corrected chi connectivity index (χ1v) is 10.4. The van der Waals surface area contributed by atoms with Gasteiger partial charge in [-0.2, -0.15) is 4.39 Å². The Kier molecular flexibility index (Phi) is 6.12. The van der Waals surface area contributed by atoms with Crippen molar-refractivity contribution in [1.82, 2.24) is 0 Å². The van der Waals surface area contributed by atoms with E-state index in [4.69, 9.17) is 4.74 Å². The Morgan fingerprint density at radius 3 is 2.27 bits per heavy atom. The standard InChI is InChI=1S/C26H25F3O/c1-17-7-12-21(23(27)15-17)20-10-8-18(9-11-20)16-30-24-14-13-22(25(28)26(24)29)19-5-3-2-4-6-19/h2-7,12-15,18,20H,8-11,16H2,1H3. The molecule has 3 aromatic rings. The predicted octanol–water partition coefficient (Wildman–Crippen LogP) is 7.43. The highest BCUT2D eigenvalue weighted by Crippen LogP contribution is 2.37. The molecule has 0 amide bonds. The maximum Gasteiger partial charge on any atom is 0.201 e. The fourth-order valence-corrected chi connectivity index (χ4v) is 4.29. The van der Waals surface area contributed by atoms with Gasteiger partial charge in [0.1, 0.15) is 5.82 Å². The molecule has 156 valence electrons. The normalized spacial score (nSPS) is 18.9. The molecule has 0 saturated heterocycles. The largest absolute Gasteiger partial charge is 0.490 e. The van der Waals surface area contributed by atoms with Gasteiger partial charge in [0.05, 0.1) is 6.61 Å². The molecule has 0 radical (unpaired) electrons. The van der Waals surface area contributed by atoms with Gasteiger partial charge in [-0.25, -0.2) is 8.78 Å². The van der Waals surface area contributed by atoms with Gasteiger partial charge in [-0.1, -0.05) is 42.5 Å². The maximum atomic E-state index is 14.5. The van der Waals surface area contributed by atoms with E-state index < -0.39 is 11.6 Å². The number of ether oxygens (including phenoxy) is 1. The molecule has 0 unspecified atom stereocenters. The van der Waals surface area contributed by atoms with Gasteiger partial charge in [-0.3, -0.25) is 0 Å². The van der Waals surface area contributed by atoms with Gasteiger partial charge in [0, 0.05) is 5.56 Å². The topological polar surface area (TPSA) is 9.23 Å². The van der Waals surface area contributed by atoms with Crippen LogP contribution in [0.1, 0.15) is 42.7 Å². The second kappa shape index (κ2) is 8.95. The Morgan fingerprint density at radius 2 is 1.57 bits per heavy atom. The lowest BCUT2D eigenvalue weighted by molar-refractivity contribution is 0.192. The fourth-order valence-electron chi connectivity index (χ4n) is 4.29. The van der Waals surface area contributed by atoms with Crippen LogP contribution in [0.3, 0.4) is 0 Å². The average molecular weight is 410 g/mol. The first-order chi connectivity index (χ1) is 14.5. The lowest BCUT2D eigenvalue weighted by atomic mass is 9.78. The molecule has 3 aromatic carbocycles. The summed E-state index contributed by atoms with van der Waals surface area (Å²) in [5.41, 5.74) is 2.55. The molecule has 0 bridgehead atoms.